The zero-order chi connectivity index (χ0) is 17.8. The smallest absolute Gasteiger partial charge is 0.231 e. The summed E-state index contributed by atoms with van der Waals surface area (Å²) in [5.41, 5.74) is 0.825. The lowest BCUT2D eigenvalue weighted by Gasteiger charge is -2.16. The standard InChI is InChI=1S/C17H20N4O2S2/c1-3-11(2)24-17-20-19-16(25-17)18-15(23)12-9-14(22)21(10-12)13-7-5-4-6-8-13/h4-8,11-12H,3,9-10H2,1-2H3,(H,18,19,23). The first kappa shape index (κ1) is 17.9. The molecule has 2 amide bonds. The third-order valence-electron chi connectivity index (χ3n) is 4.08. The van der Waals surface area contributed by atoms with Crippen molar-refractivity contribution in [3.8, 4) is 0 Å². The van der Waals surface area contributed by atoms with E-state index in [0.717, 1.165) is 16.4 Å². The summed E-state index contributed by atoms with van der Waals surface area (Å²) in [7, 11) is 0. The van der Waals surface area contributed by atoms with Crippen LogP contribution in [-0.2, 0) is 9.59 Å². The van der Waals surface area contributed by atoms with Gasteiger partial charge < -0.3 is 10.2 Å². The maximum Gasteiger partial charge on any atom is 0.231 e. The topological polar surface area (TPSA) is 75.2 Å². The van der Waals surface area contributed by atoms with Crippen LogP contribution in [0.25, 0.3) is 0 Å². The number of thioether (sulfide) groups is 1. The van der Waals surface area contributed by atoms with E-state index < -0.39 is 0 Å². The highest BCUT2D eigenvalue weighted by Gasteiger charge is 2.35. The number of aromatic nitrogens is 2. The zero-order valence-corrected chi connectivity index (χ0v) is 15.8. The summed E-state index contributed by atoms with van der Waals surface area (Å²) < 4.78 is 0.845. The van der Waals surface area contributed by atoms with Crippen molar-refractivity contribution in [1.82, 2.24) is 10.2 Å². The molecule has 1 aromatic heterocycles. The fourth-order valence-corrected chi connectivity index (χ4v) is 4.51. The predicted molar refractivity (Wildman–Crippen MR) is 101 cm³/mol. The molecule has 2 unspecified atom stereocenters. The molecule has 0 bridgehead atoms. The summed E-state index contributed by atoms with van der Waals surface area (Å²) in [6, 6.07) is 9.42. The fourth-order valence-electron chi connectivity index (χ4n) is 2.51. The first-order valence-electron chi connectivity index (χ1n) is 8.23. The molecule has 1 saturated heterocycles. The van der Waals surface area contributed by atoms with Gasteiger partial charge in [0.05, 0.1) is 5.92 Å². The maximum absolute atomic E-state index is 12.5. The normalized spacial score (nSPS) is 18.4. The molecule has 25 heavy (non-hydrogen) atoms. The van der Waals surface area contributed by atoms with Gasteiger partial charge in [-0.3, -0.25) is 9.59 Å². The minimum absolute atomic E-state index is 0.0309. The van der Waals surface area contributed by atoms with Crippen molar-refractivity contribution in [1.29, 1.82) is 0 Å². The number of anilines is 2. The van der Waals surface area contributed by atoms with Crippen molar-refractivity contribution in [2.75, 3.05) is 16.8 Å². The third-order valence-corrected chi connectivity index (χ3v) is 6.27. The Morgan fingerprint density at radius 1 is 1.40 bits per heavy atom. The minimum Gasteiger partial charge on any atom is -0.312 e. The summed E-state index contributed by atoms with van der Waals surface area (Å²) >= 11 is 3.02. The van der Waals surface area contributed by atoms with Gasteiger partial charge in [-0.1, -0.05) is 55.1 Å². The number of nitrogens with zero attached hydrogens (tertiary/aromatic N) is 3. The largest absolute Gasteiger partial charge is 0.312 e. The van der Waals surface area contributed by atoms with Gasteiger partial charge in [0.1, 0.15) is 0 Å². The Balaban J connectivity index is 1.60. The average Bonchev–Trinajstić information content (AvgIpc) is 3.22. The van der Waals surface area contributed by atoms with E-state index in [2.05, 4.69) is 29.4 Å². The van der Waals surface area contributed by atoms with Crippen LogP contribution in [0.3, 0.4) is 0 Å². The molecule has 1 aliphatic rings. The van der Waals surface area contributed by atoms with E-state index in [0.29, 0.717) is 16.9 Å². The molecule has 8 heteroatoms. The first-order valence-corrected chi connectivity index (χ1v) is 9.93. The zero-order valence-electron chi connectivity index (χ0n) is 14.1. The Bertz CT molecular complexity index is 750. The van der Waals surface area contributed by atoms with E-state index in [-0.39, 0.29) is 24.2 Å². The van der Waals surface area contributed by atoms with E-state index in [4.69, 9.17) is 0 Å². The lowest BCUT2D eigenvalue weighted by molar-refractivity contribution is -0.122. The quantitative estimate of drug-likeness (QED) is 0.618. The monoisotopic (exact) mass is 376 g/mol. The number of carbonyl (C=O) groups is 2. The molecule has 0 aliphatic carbocycles. The van der Waals surface area contributed by atoms with Crippen molar-refractivity contribution >= 4 is 45.7 Å². The third kappa shape index (κ3) is 4.38. The van der Waals surface area contributed by atoms with E-state index in [1.165, 1.54) is 11.3 Å². The van der Waals surface area contributed by atoms with Crippen molar-refractivity contribution in [3.63, 3.8) is 0 Å². The molecular formula is C17H20N4O2S2. The van der Waals surface area contributed by atoms with Gasteiger partial charge in [-0.25, -0.2) is 0 Å². The molecule has 2 aromatic rings. The Labute approximate surface area is 155 Å². The number of amides is 2. The first-order chi connectivity index (χ1) is 12.1. The second-order valence-electron chi connectivity index (χ2n) is 5.94. The summed E-state index contributed by atoms with van der Waals surface area (Å²) in [4.78, 5) is 26.3. The highest BCUT2D eigenvalue weighted by atomic mass is 32.2. The van der Waals surface area contributed by atoms with E-state index >= 15 is 0 Å². The van der Waals surface area contributed by atoms with Crippen LogP contribution in [-0.4, -0.2) is 33.8 Å². The molecule has 2 atom stereocenters. The van der Waals surface area contributed by atoms with Gasteiger partial charge in [-0.05, 0) is 18.6 Å². The number of nitrogens with one attached hydrogen (secondary N) is 1. The Hall–Kier alpha value is -1.93. The molecule has 0 spiro atoms. The van der Waals surface area contributed by atoms with Crippen LogP contribution in [0.5, 0.6) is 0 Å². The lowest BCUT2D eigenvalue weighted by atomic mass is 10.1. The molecule has 132 valence electrons. The van der Waals surface area contributed by atoms with Gasteiger partial charge in [0.25, 0.3) is 0 Å². The Kier molecular flexibility index (Phi) is 5.70. The number of hydrogen-bond donors (Lipinski definition) is 1. The van der Waals surface area contributed by atoms with Gasteiger partial charge in [-0.2, -0.15) is 0 Å². The van der Waals surface area contributed by atoms with Crippen molar-refractivity contribution in [2.45, 2.75) is 36.3 Å². The van der Waals surface area contributed by atoms with Crippen LogP contribution >= 0.6 is 23.1 Å². The summed E-state index contributed by atoms with van der Waals surface area (Å²) in [5.74, 6) is -0.582. The van der Waals surface area contributed by atoms with E-state index in [1.807, 2.05) is 30.3 Å². The number of carbonyl (C=O) groups excluding carboxylic acids is 2. The predicted octanol–water partition coefficient (Wildman–Crippen LogP) is 3.42. The molecule has 3 rings (SSSR count). The van der Waals surface area contributed by atoms with Gasteiger partial charge >= 0.3 is 0 Å². The maximum atomic E-state index is 12.5. The van der Waals surface area contributed by atoms with Crippen molar-refractivity contribution < 1.29 is 9.59 Å². The molecular weight excluding hydrogens is 356 g/mol. The number of para-hydroxylation sites is 1. The molecule has 0 radical (unpaired) electrons. The van der Waals surface area contributed by atoms with Crippen LogP contribution in [0.2, 0.25) is 0 Å². The molecule has 2 heterocycles. The summed E-state index contributed by atoms with van der Waals surface area (Å²) in [6.45, 7) is 4.64. The Morgan fingerprint density at radius 2 is 2.16 bits per heavy atom. The second-order valence-corrected chi connectivity index (χ2v) is 8.60. The van der Waals surface area contributed by atoms with Crippen LogP contribution in [0.4, 0.5) is 10.8 Å². The second kappa shape index (κ2) is 7.97. The summed E-state index contributed by atoms with van der Waals surface area (Å²) in [5, 5.41) is 11.9. The highest BCUT2D eigenvalue weighted by molar-refractivity contribution is 8.01. The molecule has 1 fully saturated rings. The van der Waals surface area contributed by atoms with Crippen LogP contribution < -0.4 is 10.2 Å². The number of benzene rings is 1. The van der Waals surface area contributed by atoms with Gasteiger partial charge in [0.2, 0.25) is 16.9 Å². The molecule has 0 saturated carbocycles. The molecule has 1 N–H and O–H groups in total. The van der Waals surface area contributed by atoms with Gasteiger partial charge in [0, 0.05) is 23.9 Å². The van der Waals surface area contributed by atoms with Crippen LogP contribution in [0.15, 0.2) is 34.7 Å². The fraction of sp³-hybridized carbons (Fsp3) is 0.412. The minimum atomic E-state index is -0.373. The summed E-state index contributed by atoms with van der Waals surface area (Å²) in [6.07, 6.45) is 1.26. The van der Waals surface area contributed by atoms with E-state index in [1.54, 1.807) is 16.7 Å². The molecule has 1 aliphatic heterocycles. The number of hydrogen-bond acceptors (Lipinski definition) is 6. The van der Waals surface area contributed by atoms with Crippen LogP contribution in [0, 0.1) is 5.92 Å². The highest BCUT2D eigenvalue weighted by Crippen LogP contribution is 2.31. The molecule has 6 nitrogen and oxygen atoms in total. The average molecular weight is 377 g/mol. The van der Waals surface area contributed by atoms with Crippen molar-refractivity contribution in [3.05, 3.63) is 30.3 Å². The SMILES string of the molecule is CCC(C)Sc1nnc(NC(=O)C2CC(=O)N(c3ccccc3)C2)s1. The number of rotatable bonds is 6. The lowest BCUT2D eigenvalue weighted by Crippen LogP contribution is -2.28. The van der Waals surface area contributed by atoms with Gasteiger partial charge in [-0.15, -0.1) is 10.2 Å². The Morgan fingerprint density at radius 3 is 2.88 bits per heavy atom. The van der Waals surface area contributed by atoms with Crippen LogP contribution in [0.1, 0.15) is 26.7 Å². The van der Waals surface area contributed by atoms with Gasteiger partial charge in [0.15, 0.2) is 4.34 Å². The van der Waals surface area contributed by atoms with Crippen molar-refractivity contribution in [2.24, 2.45) is 5.92 Å². The van der Waals surface area contributed by atoms with E-state index in [9.17, 15) is 9.59 Å². The molecule has 1 aromatic carbocycles.